The number of nitrogens with one attached hydrogen (secondary N) is 1. The smallest absolute Gasteiger partial charge is 0.254 e. The van der Waals surface area contributed by atoms with Gasteiger partial charge < -0.3 is 10.2 Å². The van der Waals surface area contributed by atoms with Crippen LogP contribution >= 0.6 is 0 Å². The van der Waals surface area contributed by atoms with Crippen molar-refractivity contribution in [1.29, 1.82) is 0 Å². The third-order valence-corrected chi connectivity index (χ3v) is 3.63. The van der Waals surface area contributed by atoms with Gasteiger partial charge in [-0.25, -0.2) is 0 Å². The Labute approximate surface area is 120 Å². The van der Waals surface area contributed by atoms with Crippen LogP contribution in [0.1, 0.15) is 16.8 Å². The van der Waals surface area contributed by atoms with Gasteiger partial charge in [-0.2, -0.15) is 0 Å². The molecule has 0 spiro atoms. The maximum absolute atomic E-state index is 12.5. The first-order valence-electron chi connectivity index (χ1n) is 6.73. The van der Waals surface area contributed by atoms with Crippen LogP contribution < -0.4 is 5.32 Å². The summed E-state index contributed by atoms with van der Waals surface area (Å²) in [4.78, 5) is 14.3. The number of nitrogens with zero attached hydrogens (tertiary/aromatic N) is 1. The Balaban J connectivity index is 2.16. The van der Waals surface area contributed by atoms with Crippen molar-refractivity contribution in [2.24, 2.45) is 0 Å². The molecular formula is C17H20N2O. The van der Waals surface area contributed by atoms with Crippen LogP contribution in [0.25, 0.3) is 0 Å². The Morgan fingerprint density at radius 3 is 2.40 bits per heavy atom. The topological polar surface area (TPSA) is 32.3 Å². The van der Waals surface area contributed by atoms with Crippen LogP contribution in [0.3, 0.4) is 0 Å². The van der Waals surface area contributed by atoms with Gasteiger partial charge in [0.1, 0.15) is 0 Å². The fraction of sp³-hybridized carbons (Fsp3) is 0.235. The average Bonchev–Trinajstić information content (AvgIpc) is 2.53. The molecule has 1 aliphatic rings. The van der Waals surface area contributed by atoms with Gasteiger partial charge >= 0.3 is 0 Å². The van der Waals surface area contributed by atoms with E-state index >= 15 is 0 Å². The lowest BCUT2D eigenvalue weighted by Crippen LogP contribution is -2.36. The van der Waals surface area contributed by atoms with E-state index in [0.717, 1.165) is 29.8 Å². The van der Waals surface area contributed by atoms with Gasteiger partial charge in [-0.1, -0.05) is 25.3 Å². The van der Waals surface area contributed by atoms with E-state index in [1.54, 1.807) is 0 Å². The number of hydrogen-bond donors (Lipinski definition) is 1. The summed E-state index contributed by atoms with van der Waals surface area (Å²) in [5, 5.41) is 3.05. The number of carbonyl (C=O) groups is 1. The molecule has 20 heavy (non-hydrogen) atoms. The quantitative estimate of drug-likeness (QED) is 0.909. The van der Waals surface area contributed by atoms with Gasteiger partial charge in [-0.05, 0) is 41.8 Å². The monoisotopic (exact) mass is 268 g/mol. The number of rotatable bonds is 4. The first kappa shape index (κ1) is 14.1. The molecule has 2 rings (SSSR count). The highest BCUT2D eigenvalue weighted by molar-refractivity contribution is 5.95. The zero-order valence-corrected chi connectivity index (χ0v) is 11.9. The molecule has 3 heteroatoms. The fourth-order valence-electron chi connectivity index (χ4n) is 2.37. The molecule has 0 saturated carbocycles. The molecule has 0 fully saturated rings. The molecule has 0 saturated heterocycles. The number of allylic oxidation sites excluding steroid dienone is 1. The van der Waals surface area contributed by atoms with Gasteiger partial charge in [0.2, 0.25) is 0 Å². The Hall–Kier alpha value is -2.29. The zero-order chi connectivity index (χ0) is 14.5. The van der Waals surface area contributed by atoms with Crippen molar-refractivity contribution in [3.63, 3.8) is 0 Å². The van der Waals surface area contributed by atoms with Crippen LogP contribution in [0.4, 0.5) is 5.69 Å². The molecule has 0 unspecified atom stereocenters. The highest BCUT2D eigenvalue weighted by Crippen LogP contribution is 2.21. The molecule has 1 aromatic rings. The Morgan fingerprint density at radius 1 is 1.20 bits per heavy atom. The molecule has 0 aliphatic carbocycles. The summed E-state index contributed by atoms with van der Waals surface area (Å²) in [5.74, 6) is 0.0649. The number of anilines is 1. The van der Waals surface area contributed by atoms with Crippen molar-refractivity contribution in [2.45, 2.75) is 6.42 Å². The lowest BCUT2D eigenvalue weighted by Gasteiger charge is -2.29. The molecule has 0 aromatic heterocycles. The highest BCUT2D eigenvalue weighted by atomic mass is 16.2. The van der Waals surface area contributed by atoms with Gasteiger partial charge in [0, 0.05) is 31.4 Å². The van der Waals surface area contributed by atoms with Crippen molar-refractivity contribution in [3.8, 4) is 0 Å². The molecule has 0 atom stereocenters. The number of carbonyl (C=O) groups excluding carboxylic acids is 1. The van der Waals surface area contributed by atoms with Crippen LogP contribution in [0, 0.1) is 0 Å². The second kappa shape index (κ2) is 6.24. The van der Waals surface area contributed by atoms with E-state index in [1.807, 2.05) is 48.4 Å². The first-order chi connectivity index (χ1) is 9.69. The second-order valence-electron chi connectivity index (χ2n) is 4.76. The van der Waals surface area contributed by atoms with E-state index in [2.05, 4.69) is 18.5 Å². The summed E-state index contributed by atoms with van der Waals surface area (Å²) in [6, 6.07) is 7.54. The third-order valence-electron chi connectivity index (χ3n) is 3.63. The van der Waals surface area contributed by atoms with E-state index in [0.29, 0.717) is 6.54 Å². The Bertz CT molecular complexity index is 555. The van der Waals surface area contributed by atoms with Gasteiger partial charge in [-0.15, -0.1) is 0 Å². The number of hydrogen-bond acceptors (Lipinski definition) is 2. The molecule has 1 heterocycles. The van der Waals surface area contributed by atoms with Gasteiger partial charge in [0.05, 0.1) is 0 Å². The van der Waals surface area contributed by atoms with Crippen LogP contribution in [0.2, 0.25) is 0 Å². The summed E-state index contributed by atoms with van der Waals surface area (Å²) in [5.41, 5.74) is 4.00. The minimum absolute atomic E-state index is 0.0649. The Morgan fingerprint density at radius 2 is 1.85 bits per heavy atom. The SMILES string of the molecule is C=CC1=C(C=C)CN(C(=O)c2ccc(NC)cc2)CC1. The van der Waals surface area contributed by atoms with Crippen molar-refractivity contribution in [2.75, 3.05) is 25.5 Å². The number of amides is 1. The molecule has 1 aliphatic heterocycles. The minimum atomic E-state index is 0.0649. The van der Waals surface area contributed by atoms with Crippen LogP contribution in [-0.2, 0) is 0 Å². The molecule has 0 bridgehead atoms. The van der Waals surface area contributed by atoms with Gasteiger partial charge in [-0.3, -0.25) is 4.79 Å². The highest BCUT2D eigenvalue weighted by Gasteiger charge is 2.21. The first-order valence-corrected chi connectivity index (χ1v) is 6.73. The summed E-state index contributed by atoms with van der Waals surface area (Å²) in [7, 11) is 1.86. The zero-order valence-electron chi connectivity index (χ0n) is 11.9. The molecule has 3 nitrogen and oxygen atoms in total. The molecule has 1 aromatic carbocycles. The maximum atomic E-state index is 12.5. The maximum Gasteiger partial charge on any atom is 0.254 e. The van der Waals surface area contributed by atoms with E-state index in [9.17, 15) is 4.79 Å². The second-order valence-corrected chi connectivity index (χ2v) is 4.76. The fourth-order valence-corrected chi connectivity index (χ4v) is 2.37. The Kier molecular flexibility index (Phi) is 4.41. The number of benzene rings is 1. The van der Waals surface area contributed by atoms with E-state index < -0.39 is 0 Å². The van der Waals surface area contributed by atoms with Crippen LogP contribution in [0.5, 0.6) is 0 Å². The summed E-state index contributed by atoms with van der Waals surface area (Å²) < 4.78 is 0. The standard InChI is InChI=1S/C17H20N2O/c1-4-13-10-11-19(12-14(13)5-2)17(20)15-6-8-16(18-3)9-7-15/h4-9,18H,1-2,10-12H2,3H3. The molecule has 0 radical (unpaired) electrons. The minimum Gasteiger partial charge on any atom is -0.388 e. The van der Waals surface area contributed by atoms with Crippen molar-refractivity contribution < 1.29 is 4.79 Å². The summed E-state index contributed by atoms with van der Waals surface area (Å²) in [6.45, 7) is 8.97. The predicted octanol–water partition coefficient (Wildman–Crippen LogP) is 3.24. The van der Waals surface area contributed by atoms with Crippen molar-refractivity contribution >= 4 is 11.6 Å². The molecular weight excluding hydrogens is 248 g/mol. The molecule has 1 amide bonds. The van der Waals surface area contributed by atoms with E-state index in [-0.39, 0.29) is 5.91 Å². The molecule has 104 valence electrons. The largest absolute Gasteiger partial charge is 0.388 e. The van der Waals surface area contributed by atoms with E-state index in [1.165, 1.54) is 5.57 Å². The van der Waals surface area contributed by atoms with Gasteiger partial charge in [0.15, 0.2) is 0 Å². The lowest BCUT2D eigenvalue weighted by molar-refractivity contribution is 0.0766. The predicted molar refractivity (Wildman–Crippen MR) is 83.9 cm³/mol. The summed E-state index contributed by atoms with van der Waals surface area (Å²) in [6.07, 6.45) is 4.52. The van der Waals surface area contributed by atoms with Crippen molar-refractivity contribution in [1.82, 2.24) is 4.90 Å². The van der Waals surface area contributed by atoms with Crippen LogP contribution in [-0.4, -0.2) is 30.9 Å². The molecule has 1 N–H and O–H groups in total. The average molecular weight is 268 g/mol. The van der Waals surface area contributed by atoms with Crippen LogP contribution in [0.15, 0.2) is 60.7 Å². The third kappa shape index (κ3) is 2.82. The van der Waals surface area contributed by atoms with Gasteiger partial charge in [0.25, 0.3) is 5.91 Å². The normalized spacial score (nSPS) is 14.9. The van der Waals surface area contributed by atoms with Crippen molar-refractivity contribution in [3.05, 3.63) is 66.3 Å². The summed E-state index contributed by atoms with van der Waals surface area (Å²) >= 11 is 0. The van der Waals surface area contributed by atoms with E-state index in [4.69, 9.17) is 0 Å². The lowest BCUT2D eigenvalue weighted by atomic mass is 9.99.